The first kappa shape index (κ1) is 17.7. The third kappa shape index (κ3) is 5.80. The number of carbonyl (C=O) groups is 1. The van der Waals surface area contributed by atoms with E-state index in [1.807, 2.05) is 0 Å². The maximum absolute atomic E-state index is 12.6. The van der Waals surface area contributed by atoms with Crippen LogP contribution >= 0.6 is 23.4 Å². The summed E-state index contributed by atoms with van der Waals surface area (Å²) in [6.45, 7) is 0. The van der Waals surface area contributed by atoms with Gasteiger partial charge in [-0.05, 0) is 35.9 Å². The Bertz CT molecular complexity index is 674. The summed E-state index contributed by atoms with van der Waals surface area (Å²) in [4.78, 5) is 11.8. The van der Waals surface area contributed by atoms with Gasteiger partial charge in [-0.15, -0.1) is 11.8 Å². The summed E-state index contributed by atoms with van der Waals surface area (Å²) in [6, 6.07) is 11.8. The molecule has 2 nitrogen and oxygen atoms in total. The summed E-state index contributed by atoms with van der Waals surface area (Å²) in [5.41, 5.74) is 0.476. The van der Waals surface area contributed by atoms with Crippen LogP contribution in [-0.2, 0) is 16.7 Å². The van der Waals surface area contributed by atoms with Gasteiger partial charge in [0.2, 0.25) is 5.91 Å². The van der Waals surface area contributed by atoms with Crippen molar-refractivity contribution >= 4 is 35.0 Å². The molecule has 0 aromatic heterocycles. The fourth-order valence-electron chi connectivity index (χ4n) is 1.83. The van der Waals surface area contributed by atoms with Crippen LogP contribution in [0.3, 0.4) is 0 Å². The molecule has 1 N–H and O–H groups in total. The minimum atomic E-state index is -4.35. The Kier molecular flexibility index (Phi) is 5.96. The van der Waals surface area contributed by atoms with Crippen LogP contribution in [0.15, 0.2) is 48.5 Å². The van der Waals surface area contributed by atoms with E-state index in [4.69, 9.17) is 11.6 Å². The van der Waals surface area contributed by atoms with Crippen molar-refractivity contribution in [3.05, 3.63) is 64.7 Å². The van der Waals surface area contributed by atoms with E-state index in [9.17, 15) is 18.0 Å². The van der Waals surface area contributed by atoms with Crippen molar-refractivity contribution in [3.63, 3.8) is 0 Å². The summed E-state index contributed by atoms with van der Waals surface area (Å²) in [7, 11) is 0. The number of hydrogen-bond acceptors (Lipinski definition) is 2. The highest BCUT2D eigenvalue weighted by molar-refractivity contribution is 7.99. The predicted octanol–water partition coefficient (Wildman–Crippen LogP) is 5.23. The molecule has 0 atom stereocenters. The topological polar surface area (TPSA) is 29.1 Å². The standard InChI is InChI=1S/C16H13ClF3NOS/c17-13-4-6-14(7-5-13)21-15(22)10-23-9-11-2-1-3-12(8-11)16(18,19)20/h1-8H,9-10H2,(H,21,22). The van der Waals surface area contributed by atoms with Crippen LogP contribution < -0.4 is 5.32 Å². The van der Waals surface area contributed by atoms with Crippen LogP contribution in [0, 0.1) is 0 Å². The second-order valence-electron chi connectivity index (χ2n) is 4.75. The smallest absolute Gasteiger partial charge is 0.325 e. The molecule has 7 heteroatoms. The molecule has 0 bridgehead atoms. The van der Waals surface area contributed by atoms with E-state index in [0.717, 1.165) is 12.1 Å². The average Bonchev–Trinajstić information content (AvgIpc) is 2.49. The first-order valence-corrected chi connectivity index (χ1v) is 8.17. The molecule has 0 unspecified atom stereocenters. The number of benzene rings is 2. The van der Waals surface area contributed by atoms with Crippen LogP contribution in [0.4, 0.5) is 18.9 Å². The minimum Gasteiger partial charge on any atom is -0.325 e. The molecule has 0 spiro atoms. The van der Waals surface area contributed by atoms with Crippen molar-refractivity contribution in [2.45, 2.75) is 11.9 Å². The SMILES string of the molecule is O=C(CSCc1cccc(C(F)(F)F)c1)Nc1ccc(Cl)cc1. The molecule has 23 heavy (non-hydrogen) atoms. The van der Waals surface area contributed by atoms with Crippen molar-refractivity contribution in [2.24, 2.45) is 0 Å². The molecular formula is C16H13ClF3NOS. The van der Waals surface area contributed by atoms with Crippen molar-refractivity contribution < 1.29 is 18.0 Å². The van der Waals surface area contributed by atoms with Crippen LogP contribution in [-0.4, -0.2) is 11.7 Å². The van der Waals surface area contributed by atoms with E-state index in [1.54, 1.807) is 30.3 Å². The van der Waals surface area contributed by atoms with Crippen molar-refractivity contribution in [1.82, 2.24) is 0 Å². The molecule has 0 aliphatic rings. The predicted molar refractivity (Wildman–Crippen MR) is 87.7 cm³/mol. The Morgan fingerprint density at radius 3 is 2.48 bits per heavy atom. The molecule has 2 rings (SSSR count). The van der Waals surface area contributed by atoms with Gasteiger partial charge in [0.05, 0.1) is 11.3 Å². The number of thioether (sulfide) groups is 1. The quantitative estimate of drug-likeness (QED) is 0.791. The number of amides is 1. The number of halogens is 4. The summed E-state index contributed by atoms with van der Waals surface area (Å²) in [5, 5.41) is 3.26. The lowest BCUT2D eigenvalue weighted by Gasteiger charge is -2.09. The highest BCUT2D eigenvalue weighted by atomic mass is 35.5. The van der Waals surface area contributed by atoms with Gasteiger partial charge in [0.25, 0.3) is 0 Å². The second kappa shape index (κ2) is 7.75. The molecule has 1 amide bonds. The van der Waals surface area contributed by atoms with Gasteiger partial charge in [0, 0.05) is 16.5 Å². The van der Waals surface area contributed by atoms with Crippen molar-refractivity contribution in [2.75, 3.05) is 11.1 Å². The summed E-state index contributed by atoms with van der Waals surface area (Å²) in [5.74, 6) is 0.265. The molecule has 2 aromatic carbocycles. The molecule has 122 valence electrons. The van der Waals surface area contributed by atoms with Gasteiger partial charge in [-0.25, -0.2) is 0 Å². The van der Waals surface area contributed by atoms with Gasteiger partial charge in [-0.3, -0.25) is 4.79 Å². The van der Waals surface area contributed by atoms with E-state index < -0.39 is 11.7 Å². The number of alkyl halides is 3. The Morgan fingerprint density at radius 2 is 1.83 bits per heavy atom. The van der Waals surface area contributed by atoms with E-state index in [2.05, 4.69) is 5.32 Å². The molecule has 2 aromatic rings. The van der Waals surface area contributed by atoms with Crippen LogP contribution in [0.2, 0.25) is 5.02 Å². The normalized spacial score (nSPS) is 11.3. The minimum absolute atomic E-state index is 0.152. The number of nitrogens with one attached hydrogen (secondary N) is 1. The van der Waals surface area contributed by atoms with Crippen molar-refractivity contribution in [1.29, 1.82) is 0 Å². The Labute approximate surface area is 141 Å². The molecule has 0 fully saturated rings. The zero-order valence-electron chi connectivity index (χ0n) is 11.9. The maximum atomic E-state index is 12.6. The van der Waals surface area contributed by atoms with E-state index >= 15 is 0 Å². The largest absolute Gasteiger partial charge is 0.416 e. The van der Waals surface area contributed by atoms with Crippen molar-refractivity contribution in [3.8, 4) is 0 Å². The van der Waals surface area contributed by atoms with Crippen LogP contribution in [0.5, 0.6) is 0 Å². The highest BCUT2D eigenvalue weighted by Crippen LogP contribution is 2.30. The van der Waals surface area contributed by atoms with Gasteiger partial charge in [-0.1, -0.05) is 29.8 Å². The van der Waals surface area contributed by atoms with Gasteiger partial charge in [-0.2, -0.15) is 13.2 Å². The lowest BCUT2D eigenvalue weighted by Crippen LogP contribution is -2.14. The summed E-state index contributed by atoms with van der Waals surface area (Å²) < 4.78 is 37.8. The van der Waals surface area contributed by atoms with Crippen LogP contribution in [0.25, 0.3) is 0 Å². The lowest BCUT2D eigenvalue weighted by molar-refractivity contribution is -0.137. The van der Waals surface area contributed by atoms with Crippen LogP contribution in [0.1, 0.15) is 11.1 Å². The van der Waals surface area contributed by atoms with E-state index in [-0.39, 0.29) is 11.7 Å². The molecule has 0 saturated heterocycles. The number of carbonyl (C=O) groups excluding carboxylic acids is 1. The molecule has 0 aliphatic heterocycles. The highest BCUT2D eigenvalue weighted by Gasteiger charge is 2.30. The number of hydrogen-bond donors (Lipinski definition) is 1. The zero-order chi connectivity index (χ0) is 16.9. The monoisotopic (exact) mass is 359 g/mol. The number of anilines is 1. The first-order valence-electron chi connectivity index (χ1n) is 6.64. The third-order valence-electron chi connectivity index (χ3n) is 2.88. The molecule has 0 radical (unpaired) electrons. The van der Waals surface area contributed by atoms with Gasteiger partial charge in [0.15, 0.2) is 0 Å². The Morgan fingerprint density at radius 1 is 1.13 bits per heavy atom. The Hall–Kier alpha value is -1.66. The fourth-order valence-corrected chi connectivity index (χ4v) is 2.73. The van der Waals surface area contributed by atoms with E-state index in [1.165, 1.54) is 17.8 Å². The molecule has 0 saturated carbocycles. The summed E-state index contributed by atoms with van der Waals surface area (Å²) >= 11 is 7.00. The fraction of sp³-hybridized carbons (Fsp3) is 0.188. The number of rotatable bonds is 5. The summed E-state index contributed by atoms with van der Waals surface area (Å²) in [6.07, 6.45) is -4.35. The Balaban J connectivity index is 1.82. The van der Waals surface area contributed by atoms with Gasteiger partial charge >= 0.3 is 6.18 Å². The van der Waals surface area contributed by atoms with Gasteiger partial charge < -0.3 is 5.32 Å². The average molecular weight is 360 g/mol. The lowest BCUT2D eigenvalue weighted by atomic mass is 10.1. The molecule has 0 heterocycles. The second-order valence-corrected chi connectivity index (χ2v) is 6.17. The first-order chi connectivity index (χ1) is 10.8. The zero-order valence-corrected chi connectivity index (χ0v) is 13.4. The third-order valence-corrected chi connectivity index (χ3v) is 4.14. The van der Waals surface area contributed by atoms with Gasteiger partial charge in [0.1, 0.15) is 0 Å². The molecular weight excluding hydrogens is 347 g/mol. The molecule has 0 aliphatic carbocycles. The van der Waals surface area contributed by atoms with E-state index in [0.29, 0.717) is 22.0 Å². The maximum Gasteiger partial charge on any atom is 0.416 e.